The standard InChI is InChI=1S/C44H88I2O3/c1-11-13-15-17-19-27-47-43(25-21-23-35(3)29-37(5)31-39(7)33-41(9)45)49-44(48-28-20-18-16-14-12-2)26-22-24-36(4)30-38(6)32-40(8)34-42(10)46/h35-44H,11-34H2,1-10H3. The fraction of sp³-hybridized carbons (Fsp3) is 1.00. The van der Waals surface area contributed by atoms with E-state index in [1.807, 2.05) is 0 Å². The molecule has 0 rings (SSSR count). The average molecular weight is 919 g/mol. The molecule has 0 radical (unpaired) electrons. The van der Waals surface area contributed by atoms with Crippen molar-refractivity contribution in [2.45, 2.75) is 231 Å². The quantitative estimate of drug-likeness (QED) is 0.0271. The molecule has 10 atom stereocenters. The van der Waals surface area contributed by atoms with Gasteiger partial charge < -0.3 is 14.2 Å². The number of hydrogen-bond donors (Lipinski definition) is 0. The van der Waals surface area contributed by atoms with Gasteiger partial charge in [0.25, 0.3) is 0 Å². The summed E-state index contributed by atoms with van der Waals surface area (Å²) in [6.45, 7) is 25.6. The molecule has 0 aliphatic carbocycles. The van der Waals surface area contributed by atoms with E-state index in [1.165, 1.54) is 116 Å². The molecule has 0 heterocycles. The van der Waals surface area contributed by atoms with Gasteiger partial charge in [-0.15, -0.1) is 0 Å². The zero-order chi connectivity index (χ0) is 36.9. The molecule has 0 spiro atoms. The van der Waals surface area contributed by atoms with E-state index in [-0.39, 0.29) is 12.6 Å². The van der Waals surface area contributed by atoms with Crippen molar-refractivity contribution in [1.29, 1.82) is 0 Å². The number of halogens is 2. The summed E-state index contributed by atoms with van der Waals surface area (Å²) in [5.74, 6) is 4.75. The van der Waals surface area contributed by atoms with Gasteiger partial charge in [-0.3, -0.25) is 0 Å². The van der Waals surface area contributed by atoms with Gasteiger partial charge in [0, 0.05) is 21.1 Å². The molecule has 0 aromatic rings. The first-order chi connectivity index (χ1) is 23.4. The van der Waals surface area contributed by atoms with Crippen LogP contribution in [0.2, 0.25) is 0 Å². The third kappa shape index (κ3) is 33.6. The first-order valence-corrected chi connectivity index (χ1v) is 24.0. The van der Waals surface area contributed by atoms with E-state index in [0.29, 0.717) is 0 Å². The lowest BCUT2D eigenvalue weighted by Crippen LogP contribution is -2.28. The van der Waals surface area contributed by atoms with Gasteiger partial charge in [-0.25, -0.2) is 0 Å². The Bertz CT molecular complexity index is 633. The van der Waals surface area contributed by atoms with Crippen LogP contribution >= 0.6 is 45.2 Å². The highest BCUT2D eigenvalue weighted by molar-refractivity contribution is 14.1. The Hall–Kier alpha value is 1.34. The number of unbranched alkanes of at least 4 members (excludes halogenated alkanes) is 8. The first kappa shape index (κ1) is 50.3. The van der Waals surface area contributed by atoms with Gasteiger partial charge in [-0.05, 0) is 113 Å². The van der Waals surface area contributed by atoms with Crippen molar-refractivity contribution in [3.8, 4) is 0 Å². The summed E-state index contributed by atoms with van der Waals surface area (Å²) in [5.41, 5.74) is 0. The summed E-state index contributed by atoms with van der Waals surface area (Å²) >= 11 is 5.16. The van der Waals surface area contributed by atoms with Gasteiger partial charge in [0.05, 0.1) is 0 Å². The molecule has 0 aromatic heterocycles. The van der Waals surface area contributed by atoms with E-state index in [9.17, 15) is 0 Å². The average Bonchev–Trinajstić information content (AvgIpc) is 2.98. The van der Waals surface area contributed by atoms with Crippen molar-refractivity contribution in [2.24, 2.45) is 35.5 Å². The molecule has 0 aliphatic heterocycles. The largest absolute Gasteiger partial charge is 0.353 e. The molecular formula is C44H88I2O3. The summed E-state index contributed by atoms with van der Waals surface area (Å²) in [6.07, 6.45) is 27.2. The summed E-state index contributed by atoms with van der Waals surface area (Å²) in [4.78, 5) is 0. The summed E-state index contributed by atoms with van der Waals surface area (Å²) in [5, 5.41) is 0. The van der Waals surface area contributed by atoms with Gasteiger partial charge in [0.2, 0.25) is 0 Å². The van der Waals surface area contributed by atoms with Gasteiger partial charge in [0.1, 0.15) is 0 Å². The van der Waals surface area contributed by atoms with E-state index in [0.717, 1.165) is 82.3 Å². The lowest BCUT2D eigenvalue weighted by atomic mass is 9.86. The van der Waals surface area contributed by atoms with Crippen molar-refractivity contribution in [1.82, 2.24) is 0 Å². The number of alkyl halides is 2. The monoisotopic (exact) mass is 918 g/mol. The molecular weight excluding hydrogens is 830 g/mol. The van der Waals surface area contributed by atoms with Crippen molar-refractivity contribution < 1.29 is 14.2 Å². The highest BCUT2D eigenvalue weighted by atomic mass is 127. The molecule has 3 nitrogen and oxygen atoms in total. The van der Waals surface area contributed by atoms with Gasteiger partial charge in [0.15, 0.2) is 12.6 Å². The summed E-state index contributed by atoms with van der Waals surface area (Å²) in [7, 11) is 0. The number of ether oxygens (including phenoxy) is 3. The van der Waals surface area contributed by atoms with Crippen LogP contribution in [0.3, 0.4) is 0 Å². The normalized spacial score (nSPS) is 18.4. The van der Waals surface area contributed by atoms with Crippen molar-refractivity contribution in [3.05, 3.63) is 0 Å². The summed E-state index contributed by atoms with van der Waals surface area (Å²) < 4.78 is 21.3. The van der Waals surface area contributed by atoms with Gasteiger partial charge in [-0.2, -0.15) is 0 Å². The second-order valence-electron chi connectivity index (χ2n) is 17.0. The lowest BCUT2D eigenvalue weighted by molar-refractivity contribution is -0.250. The van der Waals surface area contributed by atoms with Gasteiger partial charge >= 0.3 is 0 Å². The van der Waals surface area contributed by atoms with Crippen molar-refractivity contribution >= 4 is 45.2 Å². The predicted molar refractivity (Wildman–Crippen MR) is 235 cm³/mol. The molecule has 49 heavy (non-hydrogen) atoms. The van der Waals surface area contributed by atoms with Crippen LogP contribution in [0.4, 0.5) is 0 Å². The Morgan fingerprint density at radius 1 is 0.367 bits per heavy atom. The minimum absolute atomic E-state index is 0.148. The second-order valence-corrected chi connectivity index (χ2v) is 21.3. The maximum absolute atomic E-state index is 6.77. The molecule has 0 fully saturated rings. The fourth-order valence-electron chi connectivity index (χ4n) is 8.13. The van der Waals surface area contributed by atoms with Crippen LogP contribution in [0.25, 0.3) is 0 Å². The van der Waals surface area contributed by atoms with Crippen LogP contribution in [0.1, 0.15) is 210 Å². The minimum Gasteiger partial charge on any atom is -0.353 e. The molecule has 0 saturated carbocycles. The van der Waals surface area contributed by atoms with E-state index in [1.54, 1.807) is 0 Å². The third-order valence-corrected chi connectivity index (χ3v) is 11.4. The molecule has 10 unspecified atom stereocenters. The summed E-state index contributed by atoms with van der Waals surface area (Å²) in [6, 6.07) is 0. The van der Waals surface area contributed by atoms with E-state index >= 15 is 0 Å². The molecule has 0 aliphatic rings. The second kappa shape index (κ2) is 33.9. The molecule has 0 saturated heterocycles. The number of rotatable bonds is 36. The minimum atomic E-state index is -0.148. The van der Waals surface area contributed by atoms with Crippen LogP contribution in [0.5, 0.6) is 0 Å². The molecule has 5 heteroatoms. The smallest absolute Gasteiger partial charge is 0.160 e. The topological polar surface area (TPSA) is 27.7 Å². The maximum atomic E-state index is 6.77. The van der Waals surface area contributed by atoms with E-state index in [4.69, 9.17) is 14.2 Å². The van der Waals surface area contributed by atoms with Crippen molar-refractivity contribution in [2.75, 3.05) is 13.2 Å². The Labute approximate surface area is 336 Å². The zero-order valence-electron chi connectivity index (χ0n) is 34.7. The third-order valence-electron chi connectivity index (χ3n) is 10.4. The Morgan fingerprint density at radius 2 is 0.694 bits per heavy atom. The Balaban J connectivity index is 5.14. The van der Waals surface area contributed by atoms with Crippen LogP contribution in [0, 0.1) is 35.5 Å². The van der Waals surface area contributed by atoms with Crippen LogP contribution < -0.4 is 0 Å². The predicted octanol–water partition coefficient (Wildman–Crippen LogP) is 15.8. The van der Waals surface area contributed by atoms with Crippen molar-refractivity contribution in [3.63, 3.8) is 0 Å². The highest BCUT2D eigenvalue weighted by Crippen LogP contribution is 2.29. The van der Waals surface area contributed by atoms with Crippen LogP contribution in [-0.2, 0) is 14.2 Å². The van der Waals surface area contributed by atoms with E-state index < -0.39 is 0 Å². The van der Waals surface area contributed by atoms with Gasteiger partial charge in [-0.1, -0.05) is 179 Å². The Morgan fingerprint density at radius 3 is 1.04 bits per heavy atom. The maximum Gasteiger partial charge on any atom is 0.160 e. The molecule has 0 aromatic carbocycles. The molecule has 0 N–H and O–H groups in total. The zero-order valence-corrected chi connectivity index (χ0v) is 39.0. The molecule has 0 amide bonds. The number of hydrogen-bond acceptors (Lipinski definition) is 3. The molecule has 296 valence electrons. The lowest BCUT2D eigenvalue weighted by Gasteiger charge is -2.27. The molecule has 0 bridgehead atoms. The Kier molecular flexibility index (Phi) is 34.8. The van der Waals surface area contributed by atoms with Crippen LogP contribution in [0.15, 0.2) is 0 Å². The SMILES string of the molecule is CCCCCCCOC(CCCC(C)CC(C)CC(C)CC(C)I)OC(CCCC(C)CC(C)CC(C)CC(C)I)OCCCCCCC. The highest BCUT2D eigenvalue weighted by Gasteiger charge is 2.21. The fourth-order valence-corrected chi connectivity index (χ4v) is 9.87. The van der Waals surface area contributed by atoms with E-state index in [2.05, 4.69) is 114 Å². The van der Waals surface area contributed by atoms with Crippen LogP contribution in [-0.4, -0.2) is 33.6 Å². The first-order valence-electron chi connectivity index (χ1n) is 21.5.